The minimum atomic E-state index is 0.186. The van der Waals surface area contributed by atoms with E-state index in [1.165, 1.54) is 65.3 Å². The monoisotopic (exact) mass is 653 g/mol. The molecular formula is C45H39N3O2. The van der Waals surface area contributed by atoms with Crippen LogP contribution in [0.1, 0.15) is 65.8 Å². The van der Waals surface area contributed by atoms with Gasteiger partial charge in [0.1, 0.15) is 17.3 Å². The molecule has 0 bridgehead atoms. The Hall–Kier alpha value is -5.42. The third-order valence-corrected chi connectivity index (χ3v) is 11.7. The van der Waals surface area contributed by atoms with E-state index in [4.69, 9.17) is 14.7 Å². The Bertz CT molecular complexity index is 2400. The van der Waals surface area contributed by atoms with Crippen molar-refractivity contribution >= 4 is 21.9 Å². The predicted molar refractivity (Wildman–Crippen MR) is 200 cm³/mol. The summed E-state index contributed by atoms with van der Waals surface area (Å²) in [5.41, 5.74) is 11.0. The summed E-state index contributed by atoms with van der Waals surface area (Å²) in [6, 6.07) is 38.0. The van der Waals surface area contributed by atoms with Crippen LogP contribution in [0.4, 0.5) is 0 Å². The molecule has 5 heteroatoms. The highest BCUT2D eigenvalue weighted by atomic mass is 16.5. The number of phenolic OH excluding ortho intramolecular Hbond substituents is 1. The zero-order chi connectivity index (χ0) is 33.2. The third kappa shape index (κ3) is 4.90. The van der Waals surface area contributed by atoms with Gasteiger partial charge in [0, 0.05) is 28.6 Å². The number of aromatic nitrogens is 3. The normalized spacial score (nSPS) is 16.6. The fourth-order valence-corrected chi connectivity index (χ4v) is 9.42. The van der Waals surface area contributed by atoms with Gasteiger partial charge in [-0.05, 0) is 132 Å². The number of aromatic hydroxyl groups is 1. The zero-order valence-electron chi connectivity index (χ0n) is 28.1. The molecule has 10 rings (SSSR count). The average molecular weight is 654 g/mol. The molecule has 246 valence electrons. The lowest BCUT2D eigenvalue weighted by Gasteiger charge is -2.22. The maximum absolute atomic E-state index is 11.3. The van der Waals surface area contributed by atoms with Gasteiger partial charge in [0.05, 0.1) is 5.52 Å². The molecular weight excluding hydrogens is 615 g/mol. The van der Waals surface area contributed by atoms with Crippen molar-refractivity contribution in [2.45, 2.75) is 63.7 Å². The number of ether oxygens (including phenoxy) is 1. The Balaban J connectivity index is 1.01. The largest absolute Gasteiger partial charge is 0.507 e. The number of pyridine rings is 2. The molecule has 0 aliphatic heterocycles. The number of hydrogen-bond donors (Lipinski definition) is 1. The van der Waals surface area contributed by atoms with Gasteiger partial charge in [-0.2, -0.15) is 4.98 Å². The molecule has 3 heterocycles. The van der Waals surface area contributed by atoms with E-state index < -0.39 is 0 Å². The summed E-state index contributed by atoms with van der Waals surface area (Å²) in [6.07, 6.45) is 12.5. The van der Waals surface area contributed by atoms with Crippen molar-refractivity contribution in [3.63, 3.8) is 0 Å². The van der Waals surface area contributed by atoms with Crippen LogP contribution in [0, 0.1) is 5.41 Å². The van der Waals surface area contributed by atoms with E-state index in [9.17, 15) is 5.11 Å². The lowest BCUT2D eigenvalue weighted by Crippen LogP contribution is -2.21. The van der Waals surface area contributed by atoms with Gasteiger partial charge in [0.15, 0.2) is 5.65 Å². The van der Waals surface area contributed by atoms with Crippen LogP contribution < -0.4 is 4.74 Å². The molecule has 1 fully saturated rings. The van der Waals surface area contributed by atoms with Crippen LogP contribution in [-0.4, -0.2) is 19.6 Å². The van der Waals surface area contributed by atoms with E-state index in [0.29, 0.717) is 23.3 Å². The van der Waals surface area contributed by atoms with Gasteiger partial charge in [-0.25, -0.2) is 4.98 Å². The minimum Gasteiger partial charge on any atom is -0.507 e. The number of hydrogen-bond acceptors (Lipinski definition) is 4. The molecule has 50 heavy (non-hydrogen) atoms. The molecule has 1 saturated carbocycles. The van der Waals surface area contributed by atoms with Crippen LogP contribution in [0.3, 0.4) is 0 Å². The zero-order valence-corrected chi connectivity index (χ0v) is 28.1. The topological polar surface area (TPSA) is 60.2 Å². The number of phenols is 1. The molecule has 7 aromatic rings. The predicted octanol–water partition coefficient (Wildman–Crippen LogP) is 10.7. The van der Waals surface area contributed by atoms with Crippen molar-refractivity contribution in [3.8, 4) is 34.3 Å². The fraction of sp³-hybridized carbons (Fsp3) is 0.244. The van der Waals surface area contributed by atoms with Gasteiger partial charge < -0.3 is 9.84 Å². The molecule has 3 aliphatic carbocycles. The summed E-state index contributed by atoms with van der Waals surface area (Å²) in [5, 5.41) is 13.6. The van der Waals surface area contributed by atoms with E-state index in [1.807, 2.05) is 54.7 Å². The second kappa shape index (κ2) is 11.6. The molecule has 3 aromatic heterocycles. The third-order valence-electron chi connectivity index (χ3n) is 11.7. The highest BCUT2D eigenvalue weighted by molar-refractivity contribution is 6.08. The van der Waals surface area contributed by atoms with Crippen LogP contribution in [-0.2, 0) is 25.7 Å². The van der Waals surface area contributed by atoms with E-state index in [2.05, 4.69) is 65.2 Å². The van der Waals surface area contributed by atoms with Crippen molar-refractivity contribution in [2.75, 3.05) is 0 Å². The Labute approximate surface area is 292 Å². The van der Waals surface area contributed by atoms with Crippen molar-refractivity contribution in [3.05, 3.63) is 143 Å². The van der Waals surface area contributed by atoms with E-state index >= 15 is 0 Å². The molecule has 0 radical (unpaired) electrons. The summed E-state index contributed by atoms with van der Waals surface area (Å²) < 4.78 is 8.68. The summed E-state index contributed by atoms with van der Waals surface area (Å²) in [7, 11) is 0. The molecule has 0 atom stereocenters. The maximum Gasteiger partial charge on any atom is 0.221 e. The van der Waals surface area contributed by atoms with Crippen LogP contribution in [0.15, 0.2) is 115 Å². The van der Waals surface area contributed by atoms with Crippen LogP contribution in [0.25, 0.3) is 38.9 Å². The summed E-state index contributed by atoms with van der Waals surface area (Å²) >= 11 is 0. The van der Waals surface area contributed by atoms with Crippen molar-refractivity contribution < 1.29 is 9.84 Å². The highest BCUT2D eigenvalue weighted by Crippen LogP contribution is 2.51. The Morgan fingerprint density at radius 1 is 0.700 bits per heavy atom. The van der Waals surface area contributed by atoms with E-state index in [0.717, 1.165) is 59.2 Å². The molecule has 4 aromatic carbocycles. The summed E-state index contributed by atoms with van der Waals surface area (Å²) in [4.78, 5) is 9.85. The smallest absolute Gasteiger partial charge is 0.221 e. The van der Waals surface area contributed by atoms with Crippen LogP contribution in [0.2, 0.25) is 0 Å². The van der Waals surface area contributed by atoms with Crippen LogP contribution in [0.5, 0.6) is 17.4 Å². The van der Waals surface area contributed by atoms with Crippen LogP contribution >= 0.6 is 0 Å². The quantitative estimate of drug-likeness (QED) is 0.201. The molecule has 0 amide bonds. The fourth-order valence-electron chi connectivity index (χ4n) is 9.42. The Kier molecular flexibility index (Phi) is 6.83. The van der Waals surface area contributed by atoms with Gasteiger partial charge in [-0.1, -0.05) is 73.9 Å². The van der Waals surface area contributed by atoms with Gasteiger partial charge in [-0.3, -0.25) is 4.57 Å². The first-order valence-corrected chi connectivity index (χ1v) is 18.2. The second-order valence-corrected chi connectivity index (χ2v) is 14.9. The van der Waals surface area contributed by atoms with Gasteiger partial charge >= 0.3 is 0 Å². The van der Waals surface area contributed by atoms with Gasteiger partial charge in [0.25, 0.3) is 0 Å². The van der Waals surface area contributed by atoms with Crippen molar-refractivity contribution in [2.24, 2.45) is 5.41 Å². The maximum atomic E-state index is 11.3. The second-order valence-electron chi connectivity index (χ2n) is 14.9. The molecule has 0 saturated heterocycles. The molecule has 3 aliphatic rings. The molecule has 1 N–H and O–H groups in total. The first-order valence-electron chi connectivity index (χ1n) is 18.2. The SMILES string of the molecule is Oc1ccc2c(c1-c1cccc(Oc3ccc4c5cc(C6CCCCC6)ccc5n(-c5ccccn5)c4n3)c1)CC1(Cc3ccccc3C1)C2. The molecule has 5 nitrogen and oxygen atoms in total. The van der Waals surface area contributed by atoms with Crippen molar-refractivity contribution in [1.82, 2.24) is 14.5 Å². The number of rotatable bonds is 5. The summed E-state index contributed by atoms with van der Waals surface area (Å²) in [6.45, 7) is 0. The highest BCUT2D eigenvalue weighted by Gasteiger charge is 2.43. The standard InChI is InChI=1S/C45H39N3O2/c49-40-20-17-34-27-45(25-32-11-4-5-12-33(32)26-45)28-38(34)43(40)31-13-8-14-35(23-31)50-42-21-18-36-37-24-30(29-9-2-1-3-10-29)16-19-39(37)48(44(36)47-42)41-15-6-7-22-46-41/h4-8,11-24,29,49H,1-3,9-10,25-28H2. The molecule has 1 spiro atoms. The first-order chi connectivity index (χ1) is 24.6. The van der Waals surface area contributed by atoms with Crippen molar-refractivity contribution in [1.29, 1.82) is 0 Å². The Morgan fingerprint density at radius 2 is 1.52 bits per heavy atom. The van der Waals surface area contributed by atoms with E-state index in [1.54, 1.807) is 0 Å². The molecule has 0 unspecified atom stereocenters. The summed E-state index contributed by atoms with van der Waals surface area (Å²) in [5.74, 6) is 2.98. The lowest BCUT2D eigenvalue weighted by atomic mass is 9.81. The van der Waals surface area contributed by atoms with E-state index in [-0.39, 0.29) is 5.41 Å². The number of benzene rings is 4. The average Bonchev–Trinajstić information content (AvgIpc) is 3.81. The van der Waals surface area contributed by atoms with Gasteiger partial charge in [-0.15, -0.1) is 0 Å². The first kappa shape index (κ1) is 29.5. The van der Waals surface area contributed by atoms with Gasteiger partial charge in [0.2, 0.25) is 5.88 Å². The lowest BCUT2D eigenvalue weighted by molar-refractivity contribution is 0.326. The number of nitrogens with zero attached hydrogens (tertiary/aromatic N) is 3. The number of fused-ring (bicyclic) bond motifs is 5. The minimum absolute atomic E-state index is 0.186. The Morgan fingerprint density at radius 3 is 2.34 bits per heavy atom.